The molecule has 0 amide bonds. The van der Waals surface area contributed by atoms with Gasteiger partial charge in [0.2, 0.25) is 0 Å². The Morgan fingerprint density at radius 1 is 1.21 bits per heavy atom. The summed E-state index contributed by atoms with van der Waals surface area (Å²) in [6, 6.07) is 4.99. The molecular weight excluding hydrogens is 245 g/mol. The van der Waals surface area contributed by atoms with Crippen molar-refractivity contribution >= 4 is 11.0 Å². The molecule has 0 saturated heterocycles. The van der Waals surface area contributed by atoms with Gasteiger partial charge in [-0.1, -0.05) is 0 Å². The summed E-state index contributed by atoms with van der Waals surface area (Å²) in [5.41, 5.74) is 3.45. The molecule has 0 spiro atoms. The predicted molar refractivity (Wildman–Crippen MR) is 70.3 cm³/mol. The first-order valence-corrected chi connectivity index (χ1v) is 5.80. The molecule has 19 heavy (non-hydrogen) atoms. The van der Waals surface area contributed by atoms with Gasteiger partial charge < -0.3 is 5.84 Å². The van der Waals surface area contributed by atoms with Gasteiger partial charge in [0.1, 0.15) is 16.9 Å². The van der Waals surface area contributed by atoms with E-state index in [0.717, 1.165) is 5.56 Å². The summed E-state index contributed by atoms with van der Waals surface area (Å²) in [4.78, 5) is 9.93. The summed E-state index contributed by atoms with van der Waals surface area (Å²) >= 11 is 0. The van der Waals surface area contributed by atoms with Gasteiger partial charge in [-0.2, -0.15) is 9.89 Å². The quantitative estimate of drug-likeness (QED) is 0.676. The molecule has 6 heteroatoms. The van der Waals surface area contributed by atoms with Crippen molar-refractivity contribution in [2.24, 2.45) is 0 Å². The highest BCUT2D eigenvalue weighted by Crippen LogP contribution is 2.23. The first-order valence-electron chi connectivity index (χ1n) is 5.80. The lowest BCUT2D eigenvalue weighted by molar-refractivity contribution is 0.635. The van der Waals surface area contributed by atoms with E-state index in [-0.39, 0.29) is 11.3 Å². The standard InChI is InChI=1S/C13H12FN5/c1-7-5-9(14)13-11(6-7)17-12(8(2)16-13)10-3-4-19(15)18-10/h3-6H,15H2,1-2H3. The molecule has 0 saturated carbocycles. The summed E-state index contributed by atoms with van der Waals surface area (Å²) in [5, 5.41) is 4.09. The summed E-state index contributed by atoms with van der Waals surface area (Å²) < 4.78 is 13.8. The molecule has 2 heterocycles. The third-order valence-electron chi connectivity index (χ3n) is 2.89. The second kappa shape index (κ2) is 4.01. The molecule has 0 aliphatic rings. The molecule has 2 N–H and O–H groups in total. The Balaban J connectivity index is 2.30. The molecule has 96 valence electrons. The van der Waals surface area contributed by atoms with Gasteiger partial charge in [0.15, 0.2) is 5.82 Å². The molecule has 3 aromatic rings. The second-order valence-corrected chi connectivity index (χ2v) is 4.45. The number of aromatic nitrogens is 4. The number of nitrogen functional groups attached to an aromatic ring is 1. The molecule has 0 bridgehead atoms. The summed E-state index contributed by atoms with van der Waals surface area (Å²) in [5.74, 6) is 5.16. The van der Waals surface area contributed by atoms with E-state index in [2.05, 4.69) is 15.1 Å². The fourth-order valence-electron chi connectivity index (χ4n) is 2.04. The topological polar surface area (TPSA) is 69.6 Å². The van der Waals surface area contributed by atoms with Crippen LogP contribution in [0.1, 0.15) is 11.3 Å². The number of aryl methyl sites for hydroxylation is 2. The lowest BCUT2D eigenvalue weighted by Gasteiger charge is -2.06. The number of nitrogens with two attached hydrogens (primary N) is 1. The molecule has 2 aromatic heterocycles. The number of halogens is 1. The van der Waals surface area contributed by atoms with E-state index < -0.39 is 0 Å². The molecule has 5 nitrogen and oxygen atoms in total. The molecule has 0 atom stereocenters. The first kappa shape index (κ1) is 11.6. The molecular formula is C13H12FN5. The van der Waals surface area contributed by atoms with Crippen LogP contribution in [0.25, 0.3) is 22.4 Å². The van der Waals surface area contributed by atoms with Crippen LogP contribution in [0.2, 0.25) is 0 Å². The van der Waals surface area contributed by atoms with Gasteiger partial charge in [-0.05, 0) is 37.6 Å². The van der Waals surface area contributed by atoms with Crippen molar-refractivity contribution in [3.8, 4) is 11.4 Å². The van der Waals surface area contributed by atoms with Crippen molar-refractivity contribution in [1.29, 1.82) is 0 Å². The minimum atomic E-state index is -0.360. The highest BCUT2D eigenvalue weighted by Gasteiger charge is 2.12. The normalized spacial score (nSPS) is 11.1. The molecule has 0 fully saturated rings. The van der Waals surface area contributed by atoms with Gasteiger partial charge in [0.05, 0.1) is 11.2 Å². The zero-order valence-corrected chi connectivity index (χ0v) is 10.6. The number of nitrogens with zero attached hydrogens (tertiary/aromatic N) is 4. The van der Waals surface area contributed by atoms with E-state index in [4.69, 9.17) is 5.84 Å². The SMILES string of the molecule is Cc1cc(F)c2nc(C)c(-c3ccn(N)n3)nc2c1. The average molecular weight is 257 g/mol. The molecule has 3 rings (SSSR count). The Kier molecular flexibility index (Phi) is 2.45. The monoisotopic (exact) mass is 257 g/mol. The number of hydrogen-bond acceptors (Lipinski definition) is 4. The van der Waals surface area contributed by atoms with Crippen LogP contribution in [0.5, 0.6) is 0 Å². The maximum atomic E-state index is 13.8. The Bertz CT molecular complexity index is 778. The highest BCUT2D eigenvalue weighted by atomic mass is 19.1. The Labute approximate surface area is 108 Å². The first-order chi connectivity index (χ1) is 9.04. The fourth-order valence-corrected chi connectivity index (χ4v) is 2.04. The predicted octanol–water partition coefficient (Wildman–Crippen LogP) is 1.96. The molecule has 1 aromatic carbocycles. The van der Waals surface area contributed by atoms with Crippen molar-refractivity contribution in [3.63, 3.8) is 0 Å². The van der Waals surface area contributed by atoms with E-state index in [0.29, 0.717) is 22.6 Å². The Morgan fingerprint density at radius 3 is 2.68 bits per heavy atom. The van der Waals surface area contributed by atoms with Crippen molar-refractivity contribution < 1.29 is 4.39 Å². The van der Waals surface area contributed by atoms with Crippen LogP contribution in [0.3, 0.4) is 0 Å². The van der Waals surface area contributed by atoms with Crippen LogP contribution < -0.4 is 5.84 Å². The van der Waals surface area contributed by atoms with Crippen molar-refractivity contribution in [1.82, 2.24) is 19.9 Å². The minimum absolute atomic E-state index is 0.277. The van der Waals surface area contributed by atoms with E-state index in [1.165, 1.54) is 10.9 Å². The largest absolute Gasteiger partial charge is 0.323 e. The highest BCUT2D eigenvalue weighted by molar-refractivity contribution is 5.79. The Hall–Kier alpha value is -2.50. The van der Waals surface area contributed by atoms with Crippen molar-refractivity contribution in [2.45, 2.75) is 13.8 Å². The van der Waals surface area contributed by atoms with Crippen molar-refractivity contribution in [3.05, 3.63) is 41.5 Å². The van der Waals surface area contributed by atoms with Crippen LogP contribution >= 0.6 is 0 Å². The van der Waals surface area contributed by atoms with E-state index in [9.17, 15) is 4.39 Å². The zero-order chi connectivity index (χ0) is 13.6. The fraction of sp³-hybridized carbons (Fsp3) is 0.154. The van der Waals surface area contributed by atoms with Crippen LogP contribution in [0.4, 0.5) is 4.39 Å². The minimum Gasteiger partial charge on any atom is -0.323 e. The number of hydrogen-bond donors (Lipinski definition) is 1. The third-order valence-corrected chi connectivity index (χ3v) is 2.89. The Morgan fingerprint density at radius 2 is 2.00 bits per heavy atom. The second-order valence-electron chi connectivity index (χ2n) is 4.45. The van der Waals surface area contributed by atoms with Crippen LogP contribution in [-0.2, 0) is 0 Å². The van der Waals surface area contributed by atoms with Gasteiger partial charge in [0.25, 0.3) is 0 Å². The van der Waals surface area contributed by atoms with Crippen molar-refractivity contribution in [2.75, 3.05) is 5.84 Å². The van der Waals surface area contributed by atoms with E-state index >= 15 is 0 Å². The third kappa shape index (κ3) is 1.91. The van der Waals surface area contributed by atoms with E-state index in [1.807, 2.05) is 6.92 Å². The number of fused-ring (bicyclic) bond motifs is 1. The van der Waals surface area contributed by atoms with Gasteiger partial charge >= 0.3 is 0 Å². The average Bonchev–Trinajstić information content (AvgIpc) is 2.76. The van der Waals surface area contributed by atoms with Crippen LogP contribution in [0.15, 0.2) is 24.4 Å². The van der Waals surface area contributed by atoms with E-state index in [1.54, 1.807) is 25.3 Å². The van der Waals surface area contributed by atoms with Crippen LogP contribution in [0, 0.1) is 19.7 Å². The maximum Gasteiger partial charge on any atom is 0.151 e. The molecule has 0 radical (unpaired) electrons. The molecule has 0 aliphatic carbocycles. The lowest BCUT2D eigenvalue weighted by atomic mass is 10.1. The molecule has 0 aliphatic heterocycles. The lowest BCUT2D eigenvalue weighted by Crippen LogP contribution is -2.08. The van der Waals surface area contributed by atoms with Gasteiger partial charge in [0, 0.05) is 6.20 Å². The summed E-state index contributed by atoms with van der Waals surface area (Å²) in [6.07, 6.45) is 1.62. The maximum absolute atomic E-state index is 13.8. The van der Waals surface area contributed by atoms with Gasteiger partial charge in [-0.25, -0.2) is 14.4 Å². The van der Waals surface area contributed by atoms with Crippen LogP contribution in [-0.4, -0.2) is 19.9 Å². The number of benzene rings is 1. The van der Waals surface area contributed by atoms with Gasteiger partial charge in [-0.15, -0.1) is 0 Å². The smallest absolute Gasteiger partial charge is 0.151 e. The molecule has 0 unspecified atom stereocenters. The number of rotatable bonds is 1. The van der Waals surface area contributed by atoms with Gasteiger partial charge in [-0.3, -0.25) is 0 Å². The summed E-state index contributed by atoms with van der Waals surface area (Å²) in [6.45, 7) is 3.59. The zero-order valence-electron chi connectivity index (χ0n) is 10.6. The summed E-state index contributed by atoms with van der Waals surface area (Å²) in [7, 11) is 0.